The summed E-state index contributed by atoms with van der Waals surface area (Å²) in [4.78, 5) is 0. The number of rotatable bonds is 6. The molecule has 0 aliphatic heterocycles. The van der Waals surface area contributed by atoms with Crippen molar-refractivity contribution in [2.45, 2.75) is 20.1 Å². The Hall–Kier alpha value is -2.12. The molecule has 5 nitrogen and oxygen atoms in total. The maximum absolute atomic E-state index is 5.86. The fourth-order valence-electron chi connectivity index (χ4n) is 2.24. The van der Waals surface area contributed by atoms with Crippen LogP contribution in [-0.2, 0) is 13.2 Å². The lowest BCUT2D eigenvalue weighted by Gasteiger charge is -2.11. The second kappa shape index (κ2) is 7.63. The molecule has 3 aromatic rings. The van der Waals surface area contributed by atoms with Crippen LogP contribution in [0.3, 0.4) is 0 Å². The molecule has 0 saturated carbocycles. The standard InChI is InChI=1S/C17H17BrN4OS/c1-12-20-21-17(24)22(12)19-10-14-7-8-16(15(18)9-14)23-11-13-5-3-2-4-6-13/h2-9,19H,10-11H2,1H3,(H,21,24). The van der Waals surface area contributed by atoms with Gasteiger partial charge in [-0.05, 0) is 58.3 Å². The quantitative estimate of drug-likeness (QED) is 0.600. The lowest BCUT2D eigenvalue weighted by molar-refractivity contribution is 0.304. The smallest absolute Gasteiger partial charge is 0.214 e. The molecular weight excluding hydrogens is 388 g/mol. The lowest BCUT2D eigenvalue weighted by Crippen LogP contribution is -2.16. The van der Waals surface area contributed by atoms with E-state index in [1.165, 1.54) is 0 Å². The first kappa shape index (κ1) is 16.7. The van der Waals surface area contributed by atoms with Gasteiger partial charge < -0.3 is 10.2 Å². The van der Waals surface area contributed by atoms with Crippen LogP contribution in [0.4, 0.5) is 0 Å². The van der Waals surface area contributed by atoms with Gasteiger partial charge in [-0.25, -0.2) is 4.68 Å². The van der Waals surface area contributed by atoms with Crippen LogP contribution in [0.1, 0.15) is 17.0 Å². The number of ether oxygens (including phenoxy) is 1. The number of benzene rings is 2. The Morgan fingerprint density at radius 2 is 2.00 bits per heavy atom. The van der Waals surface area contributed by atoms with Crippen molar-refractivity contribution in [1.29, 1.82) is 0 Å². The number of aromatic nitrogens is 3. The Bertz CT molecular complexity index is 876. The van der Waals surface area contributed by atoms with E-state index in [-0.39, 0.29) is 0 Å². The van der Waals surface area contributed by atoms with Crippen LogP contribution in [0.2, 0.25) is 0 Å². The summed E-state index contributed by atoms with van der Waals surface area (Å²) in [6, 6.07) is 16.1. The van der Waals surface area contributed by atoms with Crippen LogP contribution in [0, 0.1) is 11.7 Å². The fourth-order valence-corrected chi connectivity index (χ4v) is 3.02. The Morgan fingerprint density at radius 3 is 2.67 bits per heavy atom. The second-order valence-corrected chi connectivity index (χ2v) is 6.53. The highest BCUT2D eigenvalue weighted by Gasteiger charge is 2.05. The Balaban J connectivity index is 1.63. The van der Waals surface area contributed by atoms with Gasteiger partial charge in [0.1, 0.15) is 18.2 Å². The summed E-state index contributed by atoms with van der Waals surface area (Å²) >= 11 is 8.74. The molecule has 0 aliphatic carbocycles. The number of hydrogen-bond acceptors (Lipinski definition) is 4. The molecule has 0 spiro atoms. The lowest BCUT2D eigenvalue weighted by atomic mass is 10.2. The van der Waals surface area contributed by atoms with Gasteiger partial charge in [-0.15, -0.1) is 0 Å². The van der Waals surface area contributed by atoms with Crippen molar-refractivity contribution in [2.24, 2.45) is 0 Å². The average Bonchev–Trinajstić information content (AvgIpc) is 2.91. The average molecular weight is 405 g/mol. The highest BCUT2D eigenvalue weighted by Crippen LogP contribution is 2.27. The molecule has 0 atom stereocenters. The molecule has 0 bridgehead atoms. The van der Waals surface area contributed by atoms with Crippen LogP contribution in [0.15, 0.2) is 53.0 Å². The first-order chi connectivity index (χ1) is 11.6. The van der Waals surface area contributed by atoms with Crippen molar-refractivity contribution < 1.29 is 4.74 Å². The predicted octanol–water partition coefficient (Wildman–Crippen LogP) is 4.33. The number of nitrogens with zero attached hydrogens (tertiary/aromatic N) is 2. The minimum Gasteiger partial charge on any atom is -0.488 e. The van der Waals surface area contributed by atoms with Gasteiger partial charge in [0.05, 0.1) is 11.0 Å². The van der Waals surface area contributed by atoms with E-state index in [1.807, 2.05) is 55.5 Å². The normalized spacial score (nSPS) is 10.6. The van der Waals surface area contributed by atoms with Crippen LogP contribution < -0.4 is 10.2 Å². The maximum Gasteiger partial charge on any atom is 0.214 e. The van der Waals surface area contributed by atoms with Gasteiger partial charge in [0, 0.05) is 0 Å². The van der Waals surface area contributed by atoms with Gasteiger partial charge in [0.15, 0.2) is 0 Å². The van der Waals surface area contributed by atoms with Gasteiger partial charge in [0.25, 0.3) is 0 Å². The fraction of sp³-hybridized carbons (Fsp3) is 0.176. The number of hydrogen-bond donors (Lipinski definition) is 2. The van der Waals surface area contributed by atoms with Crippen molar-refractivity contribution in [3.05, 3.63) is 74.7 Å². The van der Waals surface area contributed by atoms with Crippen LogP contribution in [0.5, 0.6) is 5.75 Å². The molecule has 0 unspecified atom stereocenters. The second-order valence-electron chi connectivity index (χ2n) is 5.29. The van der Waals surface area contributed by atoms with E-state index in [1.54, 1.807) is 4.68 Å². The van der Waals surface area contributed by atoms with Crippen molar-refractivity contribution in [3.8, 4) is 5.75 Å². The summed E-state index contributed by atoms with van der Waals surface area (Å²) < 4.78 is 9.09. The van der Waals surface area contributed by atoms with E-state index >= 15 is 0 Å². The minimum absolute atomic E-state index is 0.542. The Labute approximate surface area is 153 Å². The highest BCUT2D eigenvalue weighted by molar-refractivity contribution is 9.10. The largest absolute Gasteiger partial charge is 0.488 e. The van der Waals surface area contributed by atoms with Gasteiger partial charge in [0.2, 0.25) is 4.77 Å². The third-order valence-corrected chi connectivity index (χ3v) is 4.41. The van der Waals surface area contributed by atoms with Crippen LogP contribution in [-0.4, -0.2) is 14.9 Å². The van der Waals surface area contributed by atoms with Gasteiger partial charge in [-0.1, -0.05) is 36.4 Å². The molecule has 2 N–H and O–H groups in total. The summed E-state index contributed by atoms with van der Waals surface area (Å²) in [6.07, 6.45) is 0. The minimum atomic E-state index is 0.542. The monoisotopic (exact) mass is 404 g/mol. The number of H-pyrrole nitrogens is 1. The molecule has 2 aromatic carbocycles. The van der Waals surface area contributed by atoms with E-state index in [0.717, 1.165) is 27.2 Å². The molecule has 124 valence electrons. The number of aryl methyl sites for hydroxylation is 1. The van der Waals surface area contributed by atoms with E-state index in [9.17, 15) is 0 Å². The molecular formula is C17H17BrN4OS. The van der Waals surface area contributed by atoms with E-state index in [2.05, 4.69) is 31.6 Å². The van der Waals surface area contributed by atoms with E-state index in [4.69, 9.17) is 17.0 Å². The van der Waals surface area contributed by atoms with Gasteiger partial charge in [-0.2, -0.15) is 5.10 Å². The summed E-state index contributed by atoms with van der Waals surface area (Å²) in [5, 5.41) is 6.82. The topological polar surface area (TPSA) is 54.9 Å². The van der Waals surface area contributed by atoms with Crippen molar-refractivity contribution in [1.82, 2.24) is 14.9 Å². The number of nitrogens with one attached hydrogen (secondary N) is 2. The van der Waals surface area contributed by atoms with Crippen molar-refractivity contribution in [3.63, 3.8) is 0 Å². The summed E-state index contributed by atoms with van der Waals surface area (Å²) in [6.45, 7) is 3.06. The molecule has 24 heavy (non-hydrogen) atoms. The zero-order chi connectivity index (χ0) is 16.9. The molecule has 0 aliphatic rings. The number of aromatic amines is 1. The van der Waals surface area contributed by atoms with E-state index in [0.29, 0.717) is 17.9 Å². The zero-order valence-electron chi connectivity index (χ0n) is 13.1. The van der Waals surface area contributed by atoms with Gasteiger partial charge in [-0.3, -0.25) is 5.10 Å². The highest BCUT2D eigenvalue weighted by atomic mass is 79.9. The third-order valence-electron chi connectivity index (χ3n) is 3.51. The summed E-state index contributed by atoms with van der Waals surface area (Å²) in [5.74, 6) is 1.61. The van der Waals surface area contributed by atoms with Gasteiger partial charge >= 0.3 is 0 Å². The molecule has 7 heteroatoms. The molecule has 0 amide bonds. The molecule has 0 saturated heterocycles. The van der Waals surface area contributed by atoms with E-state index < -0.39 is 0 Å². The Kier molecular flexibility index (Phi) is 5.32. The SMILES string of the molecule is Cc1n[nH]c(=S)n1NCc1ccc(OCc2ccccc2)c(Br)c1. The summed E-state index contributed by atoms with van der Waals surface area (Å²) in [5.41, 5.74) is 5.49. The predicted molar refractivity (Wildman–Crippen MR) is 100 cm³/mol. The molecule has 0 fully saturated rings. The van der Waals surface area contributed by atoms with Crippen LogP contribution in [0.25, 0.3) is 0 Å². The Morgan fingerprint density at radius 1 is 1.21 bits per heavy atom. The first-order valence-corrected chi connectivity index (χ1v) is 8.66. The molecule has 1 aromatic heterocycles. The van der Waals surface area contributed by atoms with Crippen LogP contribution >= 0.6 is 28.1 Å². The zero-order valence-corrected chi connectivity index (χ0v) is 15.5. The van der Waals surface area contributed by atoms with Crippen molar-refractivity contribution >= 4 is 28.1 Å². The van der Waals surface area contributed by atoms with Crippen molar-refractivity contribution in [2.75, 3.05) is 5.43 Å². The third kappa shape index (κ3) is 4.04. The maximum atomic E-state index is 5.86. The molecule has 0 radical (unpaired) electrons. The number of halogens is 1. The summed E-state index contributed by atoms with van der Waals surface area (Å²) in [7, 11) is 0. The first-order valence-electron chi connectivity index (χ1n) is 7.46. The molecule has 3 rings (SSSR count). The molecule has 1 heterocycles.